The zero-order valence-corrected chi connectivity index (χ0v) is 21.9. The fourth-order valence-electron chi connectivity index (χ4n) is 3.45. The highest BCUT2D eigenvalue weighted by Gasteiger charge is 2.32. The minimum Gasteiger partial charge on any atom is -0.495 e. The fraction of sp³-hybridized carbons (Fsp3) is 0.391. The summed E-state index contributed by atoms with van der Waals surface area (Å²) in [6.07, 6.45) is 1.33. The van der Waals surface area contributed by atoms with Crippen LogP contribution in [0.25, 0.3) is 0 Å². The van der Waals surface area contributed by atoms with Crippen molar-refractivity contribution in [1.29, 1.82) is 0 Å². The second-order valence-electron chi connectivity index (χ2n) is 7.52. The Hall–Kier alpha value is -2.49. The van der Waals surface area contributed by atoms with E-state index in [4.69, 9.17) is 27.9 Å². The monoisotopic (exact) mass is 529 g/mol. The average Bonchev–Trinajstić information content (AvgIpc) is 2.77. The number of likely N-dealkylation sites (N-methyl/N-ethyl adjacent to an activating group) is 1. The number of rotatable bonds is 11. The predicted molar refractivity (Wildman–Crippen MR) is 135 cm³/mol. The summed E-state index contributed by atoms with van der Waals surface area (Å²) in [5.74, 6) is -0.521. The van der Waals surface area contributed by atoms with Gasteiger partial charge in [0.15, 0.2) is 0 Å². The molecule has 186 valence electrons. The number of nitrogens with one attached hydrogen (secondary N) is 1. The van der Waals surface area contributed by atoms with Gasteiger partial charge in [0, 0.05) is 18.1 Å². The third-order valence-electron chi connectivity index (χ3n) is 5.14. The Morgan fingerprint density at radius 3 is 2.29 bits per heavy atom. The lowest BCUT2D eigenvalue weighted by atomic mass is 10.1. The first-order valence-electron chi connectivity index (χ1n) is 10.6. The highest BCUT2D eigenvalue weighted by atomic mass is 35.5. The molecule has 1 N–H and O–H groups in total. The van der Waals surface area contributed by atoms with Crippen LogP contribution >= 0.6 is 23.2 Å². The molecule has 0 spiro atoms. The number of amides is 2. The molecular formula is C23H29Cl2N3O5S. The van der Waals surface area contributed by atoms with Crippen molar-refractivity contribution in [1.82, 2.24) is 10.2 Å². The molecule has 2 rings (SSSR count). The molecule has 8 nitrogen and oxygen atoms in total. The van der Waals surface area contributed by atoms with Crippen LogP contribution in [0.4, 0.5) is 5.69 Å². The van der Waals surface area contributed by atoms with E-state index in [1.165, 1.54) is 30.2 Å². The van der Waals surface area contributed by atoms with Crippen molar-refractivity contribution in [2.24, 2.45) is 0 Å². The van der Waals surface area contributed by atoms with E-state index in [0.29, 0.717) is 29.3 Å². The summed E-state index contributed by atoms with van der Waals surface area (Å²) in [4.78, 5) is 27.7. The van der Waals surface area contributed by atoms with Crippen molar-refractivity contribution in [3.05, 3.63) is 58.1 Å². The van der Waals surface area contributed by atoms with E-state index in [9.17, 15) is 18.0 Å². The molecule has 0 fully saturated rings. The van der Waals surface area contributed by atoms with Crippen LogP contribution in [0.2, 0.25) is 10.0 Å². The van der Waals surface area contributed by atoms with Crippen LogP contribution in [0.1, 0.15) is 25.8 Å². The lowest BCUT2D eigenvalue weighted by Crippen LogP contribution is -2.52. The summed E-state index contributed by atoms with van der Waals surface area (Å²) in [5.41, 5.74) is 0.837. The predicted octanol–water partition coefficient (Wildman–Crippen LogP) is 3.71. The van der Waals surface area contributed by atoms with Gasteiger partial charge in [-0.3, -0.25) is 13.9 Å². The molecule has 2 aromatic carbocycles. The smallest absolute Gasteiger partial charge is 0.244 e. The zero-order chi connectivity index (χ0) is 25.5. The van der Waals surface area contributed by atoms with E-state index in [1.807, 2.05) is 0 Å². The third kappa shape index (κ3) is 7.01. The Morgan fingerprint density at radius 1 is 1.09 bits per heavy atom. The normalized spacial score (nSPS) is 12.1. The molecular weight excluding hydrogens is 501 g/mol. The molecule has 1 unspecified atom stereocenters. The largest absolute Gasteiger partial charge is 0.495 e. The maximum atomic E-state index is 13.5. The molecule has 2 amide bonds. The summed E-state index contributed by atoms with van der Waals surface area (Å²) in [6.45, 7) is 3.47. The molecule has 0 bridgehead atoms. The molecule has 0 aliphatic heterocycles. The summed E-state index contributed by atoms with van der Waals surface area (Å²) < 4.78 is 31.3. The molecule has 0 aromatic heterocycles. The van der Waals surface area contributed by atoms with E-state index >= 15 is 0 Å². The van der Waals surface area contributed by atoms with Gasteiger partial charge in [0.25, 0.3) is 0 Å². The second-order valence-corrected chi connectivity index (χ2v) is 10.2. The maximum Gasteiger partial charge on any atom is 0.244 e. The topological polar surface area (TPSA) is 96.0 Å². The van der Waals surface area contributed by atoms with Gasteiger partial charge >= 0.3 is 0 Å². The first kappa shape index (κ1) is 27.8. The van der Waals surface area contributed by atoms with Gasteiger partial charge in [0.1, 0.15) is 18.3 Å². The van der Waals surface area contributed by atoms with Crippen LogP contribution in [0.3, 0.4) is 0 Å². The first-order chi connectivity index (χ1) is 16.0. The van der Waals surface area contributed by atoms with Gasteiger partial charge in [-0.25, -0.2) is 8.42 Å². The van der Waals surface area contributed by atoms with E-state index < -0.39 is 28.5 Å². The lowest BCUT2D eigenvalue weighted by Gasteiger charge is -2.33. The van der Waals surface area contributed by atoms with Crippen LogP contribution in [0, 0.1) is 0 Å². The summed E-state index contributed by atoms with van der Waals surface area (Å²) in [5, 5.41) is 3.37. The van der Waals surface area contributed by atoms with Crippen LogP contribution in [-0.2, 0) is 26.2 Å². The van der Waals surface area contributed by atoms with Gasteiger partial charge in [-0.15, -0.1) is 0 Å². The van der Waals surface area contributed by atoms with Crippen molar-refractivity contribution < 1.29 is 22.7 Å². The Balaban J connectivity index is 2.47. The van der Waals surface area contributed by atoms with Crippen molar-refractivity contribution in [2.75, 3.05) is 30.8 Å². The number of halogens is 2. The Bertz CT molecular complexity index is 1130. The van der Waals surface area contributed by atoms with Gasteiger partial charge in [-0.05, 0) is 43.2 Å². The molecule has 11 heteroatoms. The van der Waals surface area contributed by atoms with Crippen LogP contribution < -0.4 is 14.4 Å². The number of carbonyl (C=O) groups is 2. The Labute approximate surface area is 210 Å². The van der Waals surface area contributed by atoms with Crippen molar-refractivity contribution >= 4 is 50.7 Å². The molecule has 0 saturated heterocycles. The maximum absolute atomic E-state index is 13.5. The van der Waals surface area contributed by atoms with E-state index in [1.54, 1.807) is 38.1 Å². The van der Waals surface area contributed by atoms with Crippen LogP contribution in [0.5, 0.6) is 5.75 Å². The number of hydrogen-bond donors (Lipinski definition) is 1. The highest BCUT2D eigenvalue weighted by Crippen LogP contribution is 2.30. The van der Waals surface area contributed by atoms with E-state index in [0.717, 1.165) is 10.6 Å². The number of methoxy groups -OCH3 is 1. The molecule has 2 aromatic rings. The molecule has 0 heterocycles. The van der Waals surface area contributed by atoms with Crippen LogP contribution in [0.15, 0.2) is 42.5 Å². The van der Waals surface area contributed by atoms with E-state index in [2.05, 4.69) is 5.32 Å². The highest BCUT2D eigenvalue weighted by molar-refractivity contribution is 7.92. The molecule has 0 aliphatic rings. The number of anilines is 1. The first-order valence-corrected chi connectivity index (χ1v) is 13.3. The van der Waals surface area contributed by atoms with E-state index in [-0.39, 0.29) is 23.2 Å². The fourth-order valence-corrected chi connectivity index (χ4v) is 4.73. The molecule has 0 aliphatic carbocycles. The summed E-state index contributed by atoms with van der Waals surface area (Å²) in [7, 11) is -2.43. The SMILES string of the molecule is CCNC(=O)C(CC)N(Cc1ccccc1Cl)C(=O)CN(c1ccc(OC)c(Cl)c1)S(C)(=O)=O. The van der Waals surface area contributed by atoms with Crippen LogP contribution in [-0.4, -0.2) is 57.6 Å². The quantitative estimate of drug-likeness (QED) is 0.478. The lowest BCUT2D eigenvalue weighted by molar-refractivity contribution is -0.140. The van der Waals surface area contributed by atoms with Gasteiger partial charge in [0.2, 0.25) is 21.8 Å². The Morgan fingerprint density at radius 2 is 1.76 bits per heavy atom. The standard InChI is InChI=1S/C23H29Cl2N3O5S/c1-5-20(23(30)26-6-2)27(14-16-9-7-8-10-18(16)24)22(29)15-28(34(4,31)32)17-11-12-21(33-3)19(25)13-17/h7-13,20H,5-6,14-15H2,1-4H3,(H,26,30). The molecule has 1 atom stereocenters. The summed E-state index contributed by atoms with van der Waals surface area (Å²) >= 11 is 12.5. The number of hydrogen-bond acceptors (Lipinski definition) is 5. The zero-order valence-electron chi connectivity index (χ0n) is 19.5. The number of nitrogens with zero attached hydrogens (tertiary/aromatic N) is 2. The van der Waals surface area contributed by atoms with Gasteiger partial charge in [-0.1, -0.05) is 48.3 Å². The number of sulfonamides is 1. The van der Waals surface area contributed by atoms with Gasteiger partial charge in [0.05, 0.1) is 24.1 Å². The molecule has 34 heavy (non-hydrogen) atoms. The number of carbonyl (C=O) groups excluding carboxylic acids is 2. The van der Waals surface area contributed by atoms with Crippen molar-refractivity contribution in [3.63, 3.8) is 0 Å². The van der Waals surface area contributed by atoms with Crippen molar-refractivity contribution in [2.45, 2.75) is 32.9 Å². The molecule has 0 radical (unpaired) electrons. The average molecular weight is 530 g/mol. The number of benzene rings is 2. The second kappa shape index (κ2) is 12.3. The third-order valence-corrected chi connectivity index (χ3v) is 6.94. The minimum atomic E-state index is -3.87. The molecule has 0 saturated carbocycles. The minimum absolute atomic E-state index is 0.0368. The Kier molecular flexibility index (Phi) is 10.0. The van der Waals surface area contributed by atoms with Gasteiger partial charge < -0.3 is 15.0 Å². The van der Waals surface area contributed by atoms with Gasteiger partial charge in [-0.2, -0.15) is 0 Å². The summed E-state index contributed by atoms with van der Waals surface area (Å²) in [6, 6.07) is 10.6. The number of ether oxygens (including phenoxy) is 1. The van der Waals surface area contributed by atoms with Crippen molar-refractivity contribution in [3.8, 4) is 5.75 Å².